The molecular formula is C19H27N3O2. The predicted molar refractivity (Wildman–Crippen MR) is 94.7 cm³/mol. The summed E-state index contributed by atoms with van der Waals surface area (Å²) in [6, 6.07) is 7.93. The van der Waals surface area contributed by atoms with Crippen molar-refractivity contribution in [2.24, 2.45) is 5.92 Å². The van der Waals surface area contributed by atoms with Crippen LogP contribution in [0.25, 0.3) is 0 Å². The molecule has 0 spiro atoms. The molecule has 1 aromatic carbocycles. The van der Waals surface area contributed by atoms with Gasteiger partial charge in [0.1, 0.15) is 0 Å². The zero-order valence-electron chi connectivity index (χ0n) is 14.2. The van der Waals surface area contributed by atoms with Crippen molar-refractivity contribution >= 4 is 17.5 Å². The maximum absolute atomic E-state index is 12.0. The number of amides is 2. The third kappa shape index (κ3) is 4.57. The second kappa shape index (κ2) is 8.29. The highest BCUT2D eigenvalue weighted by molar-refractivity contribution is 5.95. The van der Waals surface area contributed by atoms with Crippen LogP contribution in [0.5, 0.6) is 0 Å². The Labute approximate surface area is 143 Å². The van der Waals surface area contributed by atoms with E-state index in [1.165, 1.54) is 12.8 Å². The Hall–Kier alpha value is -1.88. The maximum Gasteiger partial charge on any atom is 0.227 e. The van der Waals surface area contributed by atoms with Gasteiger partial charge < -0.3 is 15.5 Å². The highest BCUT2D eigenvalue weighted by atomic mass is 16.2. The summed E-state index contributed by atoms with van der Waals surface area (Å²) in [5.74, 6) is 1.02. The minimum absolute atomic E-state index is 0.132. The van der Waals surface area contributed by atoms with Crippen LogP contribution in [0.1, 0.15) is 44.1 Å². The fourth-order valence-corrected chi connectivity index (χ4v) is 3.51. The number of hydrogen-bond donors (Lipinski definition) is 2. The van der Waals surface area contributed by atoms with Crippen LogP contribution in [0.2, 0.25) is 0 Å². The molecule has 2 fully saturated rings. The number of rotatable bonds is 6. The van der Waals surface area contributed by atoms with Crippen molar-refractivity contribution in [1.82, 2.24) is 10.6 Å². The zero-order chi connectivity index (χ0) is 16.8. The van der Waals surface area contributed by atoms with Crippen LogP contribution in [-0.2, 0) is 16.1 Å². The van der Waals surface area contributed by atoms with Crippen molar-refractivity contribution in [3.8, 4) is 0 Å². The molecule has 24 heavy (non-hydrogen) atoms. The third-order valence-electron chi connectivity index (χ3n) is 5.05. The molecule has 0 aromatic heterocycles. The standard InChI is InChI=1S/C19H27N3O2/c23-18(8-5-15-9-11-20-12-10-15)21-14-16-3-6-17(7-4-16)22-13-1-2-19(22)24/h3-4,6-7,15,20H,1-2,5,8-14H2,(H,21,23). The van der Waals surface area contributed by atoms with E-state index in [0.29, 0.717) is 25.3 Å². The van der Waals surface area contributed by atoms with E-state index in [1.807, 2.05) is 29.2 Å². The van der Waals surface area contributed by atoms with Crippen LogP contribution in [0.4, 0.5) is 5.69 Å². The Balaban J connectivity index is 1.41. The van der Waals surface area contributed by atoms with Crippen LogP contribution >= 0.6 is 0 Å². The van der Waals surface area contributed by atoms with E-state index in [4.69, 9.17) is 0 Å². The first-order chi connectivity index (χ1) is 11.7. The first-order valence-electron chi connectivity index (χ1n) is 9.09. The van der Waals surface area contributed by atoms with E-state index in [0.717, 1.165) is 43.7 Å². The van der Waals surface area contributed by atoms with Gasteiger partial charge in [-0.05, 0) is 62.4 Å². The molecule has 1 aromatic rings. The number of carbonyl (C=O) groups excluding carboxylic acids is 2. The number of nitrogens with zero attached hydrogens (tertiary/aromatic N) is 1. The van der Waals surface area contributed by atoms with Crippen LogP contribution in [0.3, 0.4) is 0 Å². The van der Waals surface area contributed by atoms with Crippen molar-refractivity contribution in [3.05, 3.63) is 29.8 Å². The SMILES string of the molecule is O=C(CCC1CCNCC1)NCc1ccc(N2CCCC2=O)cc1. The molecule has 0 aliphatic carbocycles. The molecule has 0 atom stereocenters. The summed E-state index contributed by atoms with van der Waals surface area (Å²) >= 11 is 0. The smallest absolute Gasteiger partial charge is 0.227 e. The average Bonchev–Trinajstić information content (AvgIpc) is 3.05. The lowest BCUT2D eigenvalue weighted by molar-refractivity contribution is -0.121. The van der Waals surface area contributed by atoms with Gasteiger partial charge in [-0.25, -0.2) is 0 Å². The number of hydrogen-bond acceptors (Lipinski definition) is 3. The fraction of sp³-hybridized carbons (Fsp3) is 0.579. The lowest BCUT2D eigenvalue weighted by Crippen LogP contribution is -2.29. The minimum atomic E-state index is 0.132. The quantitative estimate of drug-likeness (QED) is 0.841. The highest BCUT2D eigenvalue weighted by Crippen LogP contribution is 2.21. The number of carbonyl (C=O) groups is 2. The Morgan fingerprint density at radius 2 is 1.96 bits per heavy atom. The molecule has 2 amide bonds. The van der Waals surface area contributed by atoms with Gasteiger partial charge in [-0.3, -0.25) is 9.59 Å². The van der Waals surface area contributed by atoms with Crippen molar-refractivity contribution in [1.29, 1.82) is 0 Å². The normalized spacial score (nSPS) is 18.8. The lowest BCUT2D eigenvalue weighted by Gasteiger charge is -2.22. The molecule has 2 aliphatic heterocycles. The Kier molecular flexibility index (Phi) is 5.86. The Morgan fingerprint density at radius 3 is 2.62 bits per heavy atom. The highest BCUT2D eigenvalue weighted by Gasteiger charge is 2.21. The van der Waals surface area contributed by atoms with Crippen LogP contribution < -0.4 is 15.5 Å². The summed E-state index contributed by atoms with van der Waals surface area (Å²) in [6.45, 7) is 3.53. The molecule has 130 valence electrons. The summed E-state index contributed by atoms with van der Waals surface area (Å²) in [4.78, 5) is 25.6. The summed E-state index contributed by atoms with van der Waals surface area (Å²) in [5.41, 5.74) is 2.03. The molecule has 2 saturated heterocycles. The van der Waals surface area contributed by atoms with Gasteiger partial charge in [-0.1, -0.05) is 12.1 Å². The van der Waals surface area contributed by atoms with Crippen molar-refractivity contribution in [2.45, 2.75) is 45.1 Å². The Morgan fingerprint density at radius 1 is 1.21 bits per heavy atom. The lowest BCUT2D eigenvalue weighted by atomic mass is 9.93. The van der Waals surface area contributed by atoms with Gasteiger partial charge in [-0.15, -0.1) is 0 Å². The molecule has 0 saturated carbocycles. The number of piperidine rings is 1. The number of anilines is 1. The van der Waals surface area contributed by atoms with Gasteiger partial charge in [0.25, 0.3) is 0 Å². The van der Waals surface area contributed by atoms with Crippen LogP contribution in [0, 0.1) is 5.92 Å². The van der Waals surface area contributed by atoms with Crippen LogP contribution in [0.15, 0.2) is 24.3 Å². The number of nitrogens with one attached hydrogen (secondary N) is 2. The van der Waals surface area contributed by atoms with Gasteiger partial charge in [0.15, 0.2) is 0 Å². The second-order valence-corrected chi connectivity index (χ2v) is 6.82. The van der Waals surface area contributed by atoms with Gasteiger partial charge >= 0.3 is 0 Å². The molecule has 5 nitrogen and oxygen atoms in total. The molecule has 3 rings (SSSR count). The first-order valence-corrected chi connectivity index (χ1v) is 9.09. The van der Waals surface area contributed by atoms with Crippen molar-refractivity contribution < 1.29 is 9.59 Å². The summed E-state index contributed by atoms with van der Waals surface area (Å²) < 4.78 is 0. The molecular weight excluding hydrogens is 302 g/mol. The predicted octanol–water partition coefficient (Wildman–Crippen LogP) is 2.21. The van der Waals surface area contributed by atoms with Crippen LogP contribution in [-0.4, -0.2) is 31.4 Å². The molecule has 2 heterocycles. The molecule has 0 bridgehead atoms. The van der Waals surface area contributed by atoms with E-state index in [-0.39, 0.29) is 11.8 Å². The fourth-order valence-electron chi connectivity index (χ4n) is 3.51. The van der Waals surface area contributed by atoms with Gasteiger partial charge in [-0.2, -0.15) is 0 Å². The summed E-state index contributed by atoms with van der Waals surface area (Å²) in [6.07, 6.45) is 5.56. The molecule has 2 N–H and O–H groups in total. The van der Waals surface area contributed by atoms with Crippen molar-refractivity contribution in [3.63, 3.8) is 0 Å². The van der Waals surface area contributed by atoms with E-state index in [2.05, 4.69) is 10.6 Å². The second-order valence-electron chi connectivity index (χ2n) is 6.82. The van der Waals surface area contributed by atoms with E-state index < -0.39 is 0 Å². The van der Waals surface area contributed by atoms with Gasteiger partial charge in [0, 0.05) is 31.6 Å². The van der Waals surface area contributed by atoms with Crippen molar-refractivity contribution in [2.75, 3.05) is 24.5 Å². The first kappa shape index (κ1) is 17.0. The molecule has 0 radical (unpaired) electrons. The largest absolute Gasteiger partial charge is 0.352 e. The minimum Gasteiger partial charge on any atom is -0.352 e. The summed E-state index contributed by atoms with van der Waals surface area (Å²) in [7, 11) is 0. The van der Waals surface area contributed by atoms with E-state index in [1.54, 1.807) is 0 Å². The third-order valence-corrected chi connectivity index (χ3v) is 5.05. The summed E-state index contributed by atoms with van der Waals surface area (Å²) in [5, 5.41) is 6.35. The van der Waals surface area contributed by atoms with Gasteiger partial charge in [0.05, 0.1) is 0 Å². The topological polar surface area (TPSA) is 61.4 Å². The molecule has 5 heteroatoms. The van der Waals surface area contributed by atoms with Gasteiger partial charge in [0.2, 0.25) is 11.8 Å². The van der Waals surface area contributed by atoms with E-state index in [9.17, 15) is 9.59 Å². The van der Waals surface area contributed by atoms with E-state index >= 15 is 0 Å². The zero-order valence-corrected chi connectivity index (χ0v) is 14.2. The average molecular weight is 329 g/mol. The maximum atomic E-state index is 12.0. The molecule has 2 aliphatic rings. The Bertz CT molecular complexity index is 564. The number of benzene rings is 1. The monoisotopic (exact) mass is 329 g/mol. The molecule has 0 unspecified atom stereocenters.